The first-order chi connectivity index (χ1) is 8.19. The molecular weight excluding hydrogens is 216 g/mol. The third kappa shape index (κ3) is 2.69. The van der Waals surface area contributed by atoms with Gasteiger partial charge in [-0.1, -0.05) is 24.3 Å². The third-order valence-corrected chi connectivity index (χ3v) is 2.51. The number of hydrogen-bond donors (Lipinski definition) is 0. The molecule has 0 bridgehead atoms. The van der Waals surface area contributed by atoms with Crippen molar-refractivity contribution in [2.45, 2.75) is 13.3 Å². The smallest absolute Gasteiger partial charge is 0.298 e. The molecule has 0 aliphatic rings. The average molecular weight is 228 g/mol. The molecule has 2 aromatic rings. The van der Waals surface area contributed by atoms with Crippen LogP contribution in [0, 0.1) is 0 Å². The Morgan fingerprint density at radius 3 is 2.59 bits per heavy atom. The minimum Gasteiger partial charge on any atom is -0.429 e. The van der Waals surface area contributed by atoms with E-state index in [1.165, 1.54) is 0 Å². The monoisotopic (exact) mass is 228 g/mol. The van der Waals surface area contributed by atoms with Crippen LogP contribution in [0.1, 0.15) is 12.5 Å². The summed E-state index contributed by atoms with van der Waals surface area (Å²) in [5.41, 5.74) is 0.994. The highest BCUT2D eigenvalue weighted by Gasteiger charge is 2.01. The number of benzene rings is 2. The summed E-state index contributed by atoms with van der Waals surface area (Å²) in [7, 11) is 0. The number of carbonyl (C=O) groups is 2. The molecule has 0 saturated carbocycles. The van der Waals surface area contributed by atoms with Crippen LogP contribution >= 0.6 is 0 Å². The van der Waals surface area contributed by atoms with Gasteiger partial charge in [-0.3, -0.25) is 9.59 Å². The van der Waals surface area contributed by atoms with Crippen LogP contribution in [0.4, 0.5) is 0 Å². The van der Waals surface area contributed by atoms with Crippen molar-refractivity contribution >= 4 is 23.0 Å². The van der Waals surface area contributed by atoms with Crippen LogP contribution < -0.4 is 4.74 Å². The predicted molar refractivity (Wildman–Crippen MR) is 65.0 cm³/mol. The van der Waals surface area contributed by atoms with E-state index in [4.69, 9.17) is 4.74 Å². The van der Waals surface area contributed by atoms with Crippen LogP contribution in [-0.4, -0.2) is 12.3 Å². The Bertz CT molecular complexity index is 573. The van der Waals surface area contributed by atoms with Crippen LogP contribution in [0.3, 0.4) is 0 Å². The highest BCUT2D eigenvalue weighted by Crippen LogP contribution is 2.22. The molecule has 3 nitrogen and oxygen atoms in total. The maximum Gasteiger partial charge on any atom is 0.298 e. The number of hydrogen-bond acceptors (Lipinski definition) is 3. The molecule has 0 aromatic heterocycles. The van der Waals surface area contributed by atoms with Crippen LogP contribution in [0.5, 0.6) is 5.75 Å². The highest BCUT2D eigenvalue weighted by molar-refractivity contribution is 5.86. The largest absolute Gasteiger partial charge is 0.429 e. The van der Waals surface area contributed by atoms with Crippen molar-refractivity contribution < 1.29 is 14.3 Å². The fraction of sp³-hybridized carbons (Fsp3) is 0.143. The fourth-order valence-electron chi connectivity index (χ4n) is 1.80. The highest BCUT2D eigenvalue weighted by atomic mass is 16.5. The van der Waals surface area contributed by atoms with E-state index in [1.54, 1.807) is 19.1 Å². The summed E-state index contributed by atoms with van der Waals surface area (Å²) in [6.07, 6.45) is 0.447. The molecule has 0 unspecified atom stereocenters. The first kappa shape index (κ1) is 11.3. The van der Waals surface area contributed by atoms with Gasteiger partial charge in [0.25, 0.3) is 6.47 Å². The lowest BCUT2D eigenvalue weighted by Crippen LogP contribution is -1.95. The molecule has 0 N–H and O–H groups in total. The molecule has 2 rings (SSSR count). The molecule has 17 heavy (non-hydrogen) atoms. The van der Waals surface area contributed by atoms with E-state index in [2.05, 4.69) is 0 Å². The molecule has 0 radical (unpaired) electrons. The second-order valence-electron chi connectivity index (χ2n) is 3.94. The minimum absolute atomic E-state index is 0.144. The van der Waals surface area contributed by atoms with E-state index >= 15 is 0 Å². The summed E-state index contributed by atoms with van der Waals surface area (Å²) in [6.45, 7) is 1.98. The molecule has 0 spiro atoms. The Balaban J connectivity index is 2.39. The number of fused-ring (bicyclic) bond motifs is 1. The molecule has 0 atom stereocenters. The topological polar surface area (TPSA) is 43.4 Å². The van der Waals surface area contributed by atoms with E-state index in [9.17, 15) is 9.59 Å². The van der Waals surface area contributed by atoms with Crippen molar-refractivity contribution in [3.8, 4) is 5.75 Å². The normalized spacial score (nSPS) is 10.2. The molecule has 0 aliphatic carbocycles. The van der Waals surface area contributed by atoms with Gasteiger partial charge >= 0.3 is 0 Å². The number of Topliss-reactive ketones (excluding diaryl/α,β-unsaturated/α-hetero) is 1. The molecule has 3 heteroatoms. The summed E-state index contributed by atoms with van der Waals surface area (Å²) in [4.78, 5) is 21.3. The van der Waals surface area contributed by atoms with Gasteiger partial charge in [0.15, 0.2) is 0 Å². The number of ether oxygens (including phenoxy) is 1. The van der Waals surface area contributed by atoms with Crippen molar-refractivity contribution in [1.29, 1.82) is 0 Å². The van der Waals surface area contributed by atoms with Gasteiger partial charge in [-0.2, -0.15) is 0 Å². The maximum atomic E-state index is 11.0. The zero-order valence-electron chi connectivity index (χ0n) is 9.47. The van der Waals surface area contributed by atoms with Crippen molar-refractivity contribution in [2.75, 3.05) is 0 Å². The van der Waals surface area contributed by atoms with Gasteiger partial charge in [0, 0.05) is 6.42 Å². The van der Waals surface area contributed by atoms with E-state index in [0.29, 0.717) is 18.6 Å². The number of rotatable bonds is 4. The lowest BCUT2D eigenvalue weighted by Gasteiger charge is -2.04. The zero-order valence-corrected chi connectivity index (χ0v) is 9.47. The van der Waals surface area contributed by atoms with Gasteiger partial charge in [0.05, 0.1) is 0 Å². The molecule has 0 saturated heterocycles. The zero-order chi connectivity index (χ0) is 12.3. The van der Waals surface area contributed by atoms with E-state index in [0.717, 1.165) is 16.3 Å². The van der Waals surface area contributed by atoms with Gasteiger partial charge < -0.3 is 4.74 Å². The molecule has 2 aromatic carbocycles. The Morgan fingerprint density at radius 1 is 1.18 bits per heavy atom. The molecule has 86 valence electrons. The lowest BCUT2D eigenvalue weighted by atomic mass is 10.0. The van der Waals surface area contributed by atoms with Crippen molar-refractivity contribution in [3.05, 3.63) is 42.0 Å². The Kier molecular flexibility index (Phi) is 3.19. The molecule has 0 aliphatic heterocycles. The second kappa shape index (κ2) is 4.78. The quantitative estimate of drug-likeness (QED) is 0.755. The first-order valence-corrected chi connectivity index (χ1v) is 5.31. The molecule has 0 fully saturated rings. The molecular formula is C14H12O3. The van der Waals surface area contributed by atoms with Gasteiger partial charge in [-0.05, 0) is 35.4 Å². The molecule has 0 heterocycles. The summed E-state index contributed by atoms with van der Waals surface area (Å²) >= 11 is 0. The summed E-state index contributed by atoms with van der Waals surface area (Å²) in [5.74, 6) is 0.664. The first-order valence-electron chi connectivity index (χ1n) is 5.31. The summed E-state index contributed by atoms with van der Waals surface area (Å²) in [5, 5.41) is 2.01. The van der Waals surface area contributed by atoms with Crippen molar-refractivity contribution in [3.63, 3.8) is 0 Å². The Morgan fingerprint density at radius 2 is 1.88 bits per heavy atom. The summed E-state index contributed by atoms with van der Waals surface area (Å²) in [6, 6.07) is 11.2. The lowest BCUT2D eigenvalue weighted by molar-refractivity contribution is -0.120. The van der Waals surface area contributed by atoms with Gasteiger partial charge in [0.2, 0.25) is 0 Å². The van der Waals surface area contributed by atoms with Crippen molar-refractivity contribution in [1.82, 2.24) is 0 Å². The van der Waals surface area contributed by atoms with Crippen LogP contribution in [0.2, 0.25) is 0 Å². The van der Waals surface area contributed by atoms with E-state index in [1.807, 2.05) is 24.3 Å². The average Bonchev–Trinajstić information content (AvgIpc) is 2.29. The van der Waals surface area contributed by atoms with Crippen molar-refractivity contribution in [2.24, 2.45) is 0 Å². The minimum atomic E-state index is 0.144. The van der Waals surface area contributed by atoms with Gasteiger partial charge in [0.1, 0.15) is 11.5 Å². The second-order valence-corrected chi connectivity index (χ2v) is 3.94. The SMILES string of the molecule is CC(=O)Cc1ccc2cc(OC=O)ccc2c1. The van der Waals surface area contributed by atoms with Crippen LogP contribution in [-0.2, 0) is 16.0 Å². The Hall–Kier alpha value is -2.16. The van der Waals surface area contributed by atoms with Crippen LogP contribution in [0.25, 0.3) is 10.8 Å². The van der Waals surface area contributed by atoms with Gasteiger partial charge in [-0.15, -0.1) is 0 Å². The summed E-state index contributed by atoms with van der Waals surface area (Å²) < 4.78 is 4.77. The third-order valence-electron chi connectivity index (χ3n) is 2.51. The number of ketones is 1. The molecule has 0 amide bonds. The standard InChI is InChI=1S/C14H12O3/c1-10(16)6-11-2-3-13-8-14(17-9-15)5-4-12(13)7-11/h2-5,7-9H,6H2,1H3. The van der Waals surface area contributed by atoms with Gasteiger partial charge in [-0.25, -0.2) is 0 Å². The fourth-order valence-corrected chi connectivity index (χ4v) is 1.80. The van der Waals surface area contributed by atoms with E-state index in [-0.39, 0.29) is 5.78 Å². The maximum absolute atomic E-state index is 11.0. The van der Waals surface area contributed by atoms with E-state index < -0.39 is 0 Å². The number of carbonyl (C=O) groups excluding carboxylic acids is 2. The Labute approximate surface area is 99.0 Å². The van der Waals surface area contributed by atoms with Crippen LogP contribution in [0.15, 0.2) is 36.4 Å². The predicted octanol–water partition coefficient (Wildman–Crippen LogP) is 2.51.